The van der Waals surface area contributed by atoms with Gasteiger partial charge in [-0.2, -0.15) is 0 Å². The number of nitrogens with one attached hydrogen (secondary N) is 2. The first-order valence-corrected chi connectivity index (χ1v) is 23.2. The van der Waals surface area contributed by atoms with E-state index in [0.29, 0.717) is 5.41 Å². The second-order valence-electron chi connectivity index (χ2n) is 22.9. The zero-order valence-electron chi connectivity index (χ0n) is 43.7. The summed E-state index contributed by atoms with van der Waals surface area (Å²) in [5, 5.41) is 2.49. The molecule has 0 saturated carbocycles. The molecule has 2 aromatic carbocycles. The van der Waals surface area contributed by atoms with Crippen LogP contribution >= 0.6 is 0 Å². The molecule has 352 valence electrons. The summed E-state index contributed by atoms with van der Waals surface area (Å²) in [6, 6.07) is 33.6. The quantitative estimate of drug-likeness (QED) is 0.158. The number of rotatable bonds is 0. The first-order chi connectivity index (χ1) is 30.6. The Labute approximate surface area is 398 Å². The highest BCUT2D eigenvalue weighted by Gasteiger charge is 2.17. The summed E-state index contributed by atoms with van der Waals surface area (Å²) in [5.41, 5.74) is 11.2. The van der Waals surface area contributed by atoms with Gasteiger partial charge in [-0.3, -0.25) is 9.97 Å². The maximum atomic E-state index is 4.35. The van der Waals surface area contributed by atoms with Crippen molar-refractivity contribution >= 4 is 21.9 Å². The van der Waals surface area contributed by atoms with Gasteiger partial charge in [0.2, 0.25) is 0 Å². The number of H-pyrrole nitrogens is 2. The highest BCUT2D eigenvalue weighted by Crippen LogP contribution is 2.27. The van der Waals surface area contributed by atoms with E-state index in [1.54, 1.807) is 12.5 Å². The molecule has 0 saturated heterocycles. The van der Waals surface area contributed by atoms with E-state index in [1.165, 1.54) is 44.1 Å². The minimum Gasteiger partial charge on any atom is -0.361 e. The maximum Gasteiger partial charge on any atom is 0.137 e. The molecular formula is C59H81N7. The molecule has 6 aromatic heterocycles. The van der Waals surface area contributed by atoms with Gasteiger partial charge in [0.15, 0.2) is 0 Å². The Morgan fingerprint density at radius 1 is 0.348 bits per heavy atom. The van der Waals surface area contributed by atoms with Crippen LogP contribution in [0.1, 0.15) is 158 Å². The first-order valence-electron chi connectivity index (χ1n) is 23.2. The fraction of sp³-hybridized carbons (Fsp3) is 0.407. The SMILES string of the molecule is CC(C)(C)c1ccc2[nH]ccc2c1.CC(C)(C)c1ccccc1.CC(C)(C)c1ccccn1.CC(C)(C)c1cccnc1.CC(C)(C)c1cnc2[nH]ccc2c1.CC(C)(C)c1cncnc1. The number of aromatic nitrogens is 7. The summed E-state index contributed by atoms with van der Waals surface area (Å²) in [6.07, 6.45) is 16.7. The maximum absolute atomic E-state index is 4.35. The first kappa shape index (κ1) is 54.4. The van der Waals surface area contributed by atoms with Crippen molar-refractivity contribution in [3.8, 4) is 0 Å². The lowest BCUT2D eigenvalue weighted by molar-refractivity contribution is 0.569. The predicted molar refractivity (Wildman–Crippen MR) is 284 cm³/mol. The van der Waals surface area contributed by atoms with Crippen LogP contribution in [-0.4, -0.2) is 34.9 Å². The molecule has 0 radical (unpaired) electrons. The number of fused-ring (bicyclic) bond motifs is 2. The molecule has 2 N–H and O–H groups in total. The minimum atomic E-state index is 0.168. The predicted octanol–water partition coefficient (Wildman–Crippen LogP) is 15.8. The largest absolute Gasteiger partial charge is 0.361 e. The van der Waals surface area contributed by atoms with Crippen LogP contribution in [0.25, 0.3) is 21.9 Å². The molecule has 0 atom stereocenters. The number of hydrogen-bond acceptors (Lipinski definition) is 5. The Bertz CT molecular complexity index is 2270. The molecule has 0 aliphatic rings. The summed E-state index contributed by atoms with van der Waals surface area (Å²) in [6.45, 7) is 39.4. The van der Waals surface area contributed by atoms with E-state index in [4.69, 9.17) is 0 Å². The molecule has 8 rings (SSSR count). The van der Waals surface area contributed by atoms with Crippen LogP contribution < -0.4 is 0 Å². The lowest BCUT2D eigenvalue weighted by Gasteiger charge is -2.18. The van der Waals surface area contributed by atoms with Crippen molar-refractivity contribution in [1.29, 1.82) is 0 Å². The molecule has 7 nitrogen and oxygen atoms in total. The van der Waals surface area contributed by atoms with Crippen LogP contribution in [0.3, 0.4) is 0 Å². The molecule has 0 fully saturated rings. The molecule has 8 aromatic rings. The summed E-state index contributed by atoms with van der Waals surface area (Å²) in [4.78, 5) is 26.8. The van der Waals surface area contributed by atoms with E-state index in [2.05, 4.69) is 238 Å². The Balaban J connectivity index is 0.000000211. The molecule has 7 heteroatoms. The second-order valence-corrected chi connectivity index (χ2v) is 22.9. The average molecular weight is 888 g/mol. The van der Waals surface area contributed by atoms with Crippen molar-refractivity contribution in [2.24, 2.45) is 0 Å². The molecule has 0 bridgehead atoms. The van der Waals surface area contributed by atoms with Gasteiger partial charge in [-0.15, -0.1) is 0 Å². The summed E-state index contributed by atoms with van der Waals surface area (Å²) < 4.78 is 0. The van der Waals surface area contributed by atoms with Crippen LogP contribution in [0.4, 0.5) is 0 Å². The van der Waals surface area contributed by atoms with Crippen LogP contribution in [-0.2, 0) is 32.5 Å². The van der Waals surface area contributed by atoms with E-state index >= 15 is 0 Å². The highest BCUT2D eigenvalue weighted by molar-refractivity contribution is 5.80. The third-order valence-electron chi connectivity index (χ3n) is 10.7. The lowest BCUT2D eigenvalue weighted by Crippen LogP contribution is -2.12. The van der Waals surface area contributed by atoms with E-state index in [1.807, 2.05) is 61.6 Å². The Hall–Kier alpha value is -5.95. The van der Waals surface area contributed by atoms with Crippen LogP contribution in [0, 0.1) is 0 Å². The molecule has 0 unspecified atom stereocenters. The molecule has 0 aliphatic carbocycles. The number of aromatic amines is 2. The molecular weight excluding hydrogens is 807 g/mol. The van der Waals surface area contributed by atoms with Gasteiger partial charge in [-0.05, 0) is 109 Å². The van der Waals surface area contributed by atoms with Crippen molar-refractivity contribution < 1.29 is 0 Å². The van der Waals surface area contributed by atoms with E-state index in [-0.39, 0.29) is 27.1 Å². The molecule has 0 aliphatic heterocycles. The summed E-state index contributed by atoms with van der Waals surface area (Å²) in [7, 11) is 0. The normalized spacial score (nSPS) is 11.8. The molecule has 6 heterocycles. The van der Waals surface area contributed by atoms with Gasteiger partial charge < -0.3 is 9.97 Å². The highest BCUT2D eigenvalue weighted by atomic mass is 14.8. The van der Waals surface area contributed by atoms with Crippen molar-refractivity contribution in [3.05, 3.63) is 186 Å². The number of pyridine rings is 3. The van der Waals surface area contributed by atoms with Crippen LogP contribution in [0.15, 0.2) is 153 Å². The second kappa shape index (κ2) is 23.5. The van der Waals surface area contributed by atoms with Crippen LogP contribution in [0.5, 0.6) is 0 Å². The molecule has 66 heavy (non-hydrogen) atoms. The van der Waals surface area contributed by atoms with Gasteiger partial charge in [-0.25, -0.2) is 15.0 Å². The Morgan fingerprint density at radius 3 is 1.32 bits per heavy atom. The Kier molecular flexibility index (Phi) is 19.4. The van der Waals surface area contributed by atoms with Crippen molar-refractivity contribution in [2.45, 2.75) is 157 Å². The summed E-state index contributed by atoms with van der Waals surface area (Å²) in [5.74, 6) is 0. The van der Waals surface area contributed by atoms with Gasteiger partial charge in [0.25, 0.3) is 0 Å². The number of benzene rings is 2. The topological polar surface area (TPSA) is 96.0 Å². The fourth-order valence-electron chi connectivity index (χ4n) is 6.11. The van der Waals surface area contributed by atoms with E-state index < -0.39 is 0 Å². The smallest absolute Gasteiger partial charge is 0.137 e. The molecule has 0 amide bonds. The van der Waals surface area contributed by atoms with Gasteiger partial charge >= 0.3 is 0 Å². The number of hydrogen-bond donors (Lipinski definition) is 2. The standard InChI is InChI=1S/C12H15N.C11H14N2.C10H14.2C9H13N.C8H12N2/c1-12(2,3)10-4-5-11-9(8-10)6-7-13-11;1-11(2,3)9-6-8-4-5-12-10(8)13-7-9;1-10(2,3)9-7-5-4-6-8-9;1-9(2,3)8-5-4-6-10-7-8;1-9(2,3)8-6-4-5-7-10-8;1-8(2,3)7-4-9-6-10-5-7/h4-8,13H,1-3H3;4-7H,1-3H3,(H,12,13);4-8H,1-3H3;2*4-7H,1-3H3;4-6H,1-3H3. The fourth-order valence-corrected chi connectivity index (χ4v) is 6.11. The van der Waals surface area contributed by atoms with Crippen molar-refractivity contribution in [1.82, 2.24) is 34.9 Å². The van der Waals surface area contributed by atoms with E-state index in [9.17, 15) is 0 Å². The summed E-state index contributed by atoms with van der Waals surface area (Å²) >= 11 is 0. The van der Waals surface area contributed by atoms with Crippen molar-refractivity contribution in [3.63, 3.8) is 0 Å². The van der Waals surface area contributed by atoms with Crippen LogP contribution in [0.2, 0.25) is 0 Å². The minimum absolute atomic E-state index is 0.168. The van der Waals surface area contributed by atoms with Gasteiger partial charge in [0.05, 0.1) is 0 Å². The third-order valence-corrected chi connectivity index (χ3v) is 10.7. The van der Waals surface area contributed by atoms with Gasteiger partial charge in [0.1, 0.15) is 12.0 Å². The van der Waals surface area contributed by atoms with Gasteiger partial charge in [0, 0.05) is 71.6 Å². The monoisotopic (exact) mass is 888 g/mol. The van der Waals surface area contributed by atoms with Gasteiger partial charge in [-0.1, -0.05) is 173 Å². The average Bonchev–Trinajstić information content (AvgIpc) is 3.94. The zero-order valence-corrected chi connectivity index (χ0v) is 43.7. The third kappa shape index (κ3) is 18.9. The van der Waals surface area contributed by atoms with Crippen molar-refractivity contribution in [2.75, 3.05) is 0 Å². The zero-order chi connectivity index (χ0) is 49.4. The lowest BCUT2D eigenvalue weighted by atomic mass is 9.86. The number of nitrogens with zero attached hydrogens (tertiary/aromatic N) is 5. The van der Waals surface area contributed by atoms with E-state index in [0.717, 1.165) is 11.3 Å². The molecule has 0 spiro atoms. The Morgan fingerprint density at radius 2 is 0.864 bits per heavy atom.